The monoisotopic (exact) mass is 207 g/mol. The van der Waals surface area contributed by atoms with E-state index < -0.39 is 17.9 Å². The highest BCUT2D eigenvalue weighted by molar-refractivity contribution is 5.26. The van der Waals surface area contributed by atoms with Gasteiger partial charge in [-0.3, -0.25) is 0 Å². The van der Waals surface area contributed by atoms with Crippen LogP contribution in [0.25, 0.3) is 0 Å². The Balaban J connectivity index is 2.89. The van der Waals surface area contributed by atoms with Crippen LogP contribution in [0.5, 0.6) is 0 Å². The fraction of sp³-hybridized carbons (Fsp3) is 0.333. The molecule has 1 atom stereocenters. The van der Waals surface area contributed by atoms with E-state index in [1.807, 2.05) is 0 Å². The molecule has 1 aromatic carbocycles. The van der Waals surface area contributed by atoms with Crippen molar-refractivity contribution in [2.45, 2.75) is 12.3 Å². The molecule has 0 aromatic heterocycles. The minimum Gasteiger partial charge on any atom is -0.327 e. The van der Waals surface area contributed by atoms with Gasteiger partial charge in [-0.15, -0.1) is 0 Å². The molecule has 1 rings (SSSR count). The summed E-state index contributed by atoms with van der Waals surface area (Å²) >= 11 is 0. The van der Waals surface area contributed by atoms with Crippen LogP contribution in [0.3, 0.4) is 0 Å². The number of hydrogen-bond acceptors (Lipinski definition) is 1. The Morgan fingerprint density at radius 2 is 1.64 bits per heavy atom. The first-order chi connectivity index (χ1) is 6.45. The Kier molecular flexibility index (Phi) is 3.10. The largest absolute Gasteiger partial charge is 0.416 e. The van der Waals surface area contributed by atoms with E-state index in [2.05, 4.69) is 0 Å². The van der Waals surface area contributed by atoms with Gasteiger partial charge in [-0.25, -0.2) is 4.39 Å². The second-order valence-corrected chi connectivity index (χ2v) is 2.82. The molecule has 78 valence electrons. The van der Waals surface area contributed by atoms with Gasteiger partial charge in [0.15, 0.2) is 0 Å². The van der Waals surface area contributed by atoms with Gasteiger partial charge in [0.1, 0.15) is 6.17 Å². The van der Waals surface area contributed by atoms with Crippen LogP contribution in [0.4, 0.5) is 17.6 Å². The second-order valence-electron chi connectivity index (χ2n) is 2.82. The Morgan fingerprint density at radius 3 is 2.00 bits per heavy atom. The molecule has 0 saturated heterocycles. The van der Waals surface area contributed by atoms with Crippen LogP contribution in [0.15, 0.2) is 24.3 Å². The number of alkyl halides is 4. The van der Waals surface area contributed by atoms with Crippen LogP contribution in [0.1, 0.15) is 17.3 Å². The number of hydrogen-bond donors (Lipinski definition) is 1. The molecular formula is C9H9F4N. The summed E-state index contributed by atoms with van der Waals surface area (Å²) in [6, 6.07) is 3.88. The minimum absolute atomic E-state index is 0.167. The van der Waals surface area contributed by atoms with Gasteiger partial charge in [0.05, 0.1) is 5.56 Å². The van der Waals surface area contributed by atoms with E-state index in [4.69, 9.17) is 5.73 Å². The van der Waals surface area contributed by atoms with Crippen molar-refractivity contribution in [3.63, 3.8) is 0 Å². The van der Waals surface area contributed by atoms with E-state index in [1.165, 1.54) is 0 Å². The van der Waals surface area contributed by atoms with Crippen molar-refractivity contribution in [2.24, 2.45) is 5.73 Å². The van der Waals surface area contributed by atoms with E-state index in [9.17, 15) is 17.6 Å². The standard InChI is InChI=1S/C9H9F4N/c10-8(5-14)6-1-3-7(4-2-6)9(11,12)13/h1-4,8H,5,14H2. The first kappa shape index (κ1) is 11.0. The summed E-state index contributed by atoms with van der Waals surface area (Å²) in [5.74, 6) is 0. The molecule has 0 saturated carbocycles. The summed E-state index contributed by atoms with van der Waals surface area (Å²) in [4.78, 5) is 0. The van der Waals surface area contributed by atoms with Gasteiger partial charge in [0.25, 0.3) is 0 Å². The van der Waals surface area contributed by atoms with Crippen molar-refractivity contribution in [3.8, 4) is 0 Å². The number of rotatable bonds is 2. The van der Waals surface area contributed by atoms with E-state index in [-0.39, 0.29) is 12.1 Å². The summed E-state index contributed by atoms with van der Waals surface area (Å²) in [6.45, 7) is -0.231. The van der Waals surface area contributed by atoms with E-state index >= 15 is 0 Å². The Bertz CT molecular complexity index is 291. The zero-order valence-corrected chi connectivity index (χ0v) is 7.18. The highest BCUT2D eigenvalue weighted by atomic mass is 19.4. The third kappa shape index (κ3) is 2.45. The maximum Gasteiger partial charge on any atom is 0.416 e. The molecule has 5 heteroatoms. The van der Waals surface area contributed by atoms with Gasteiger partial charge in [-0.2, -0.15) is 13.2 Å². The lowest BCUT2D eigenvalue weighted by Gasteiger charge is -2.09. The van der Waals surface area contributed by atoms with Crippen molar-refractivity contribution in [1.29, 1.82) is 0 Å². The topological polar surface area (TPSA) is 26.0 Å². The maximum absolute atomic E-state index is 12.9. The number of halogens is 4. The van der Waals surface area contributed by atoms with E-state index in [0.717, 1.165) is 24.3 Å². The third-order valence-corrected chi connectivity index (χ3v) is 1.81. The molecule has 0 spiro atoms. The summed E-state index contributed by atoms with van der Waals surface area (Å²) in [7, 11) is 0. The molecule has 1 nitrogen and oxygen atoms in total. The van der Waals surface area contributed by atoms with Gasteiger partial charge in [0.2, 0.25) is 0 Å². The van der Waals surface area contributed by atoms with Gasteiger partial charge >= 0.3 is 6.18 Å². The average molecular weight is 207 g/mol. The zero-order valence-electron chi connectivity index (χ0n) is 7.18. The smallest absolute Gasteiger partial charge is 0.327 e. The van der Waals surface area contributed by atoms with Gasteiger partial charge in [0, 0.05) is 6.54 Å². The van der Waals surface area contributed by atoms with Crippen LogP contribution in [0, 0.1) is 0 Å². The lowest BCUT2D eigenvalue weighted by atomic mass is 10.1. The Morgan fingerprint density at radius 1 is 1.14 bits per heavy atom. The minimum atomic E-state index is -4.38. The first-order valence-corrected chi connectivity index (χ1v) is 3.96. The SMILES string of the molecule is NCC(F)c1ccc(C(F)(F)F)cc1. The normalized spacial score (nSPS) is 14.1. The fourth-order valence-electron chi connectivity index (χ4n) is 1.02. The molecule has 0 amide bonds. The molecular weight excluding hydrogens is 198 g/mol. The molecule has 0 bridgehead atoms. The van der Waals surface area contributed by atoms with Gasteiger partial charge in [-0.1, -0.05) is 12.1 Å². The van der Waals surface area contributed by atoms with Crippen molar-refractivity contribution in [1.82, 2.24) is 0 Å². The van der Waals surface area contributed by atoms with Crippen molar-refractivity contribution < 1.29 is 17.6 Å². The molecule has 0 heterocycles. The van der Waals surface area contributed by atoms with Crippen LogP contribution < -0.4 is 5.73 Å². The molecule has 0 radical (unpaired) electrons. The molecule has 0 aliphatic heterocycles. The average Bonchev–Trinajstić information content (AvgIpc) is 2.15. The van der Waals surface area contributed by atoms with Crippen LogP contribution >= 0.6 is 0 Å². The Hall–Kier alpha value is -1.10. The van der Waals surface area contributed by atoms with Gasteiger partial charge < -0.3 is 5.73 Å². The zero-order chi connectivity index (χ0) is 10.8. The third-order valence-electron chi connectivity index (χ3n) is 1.81. The Labute approximate surface area is 78.5 Å². The predicted molar refractivity (Wildman–Crippen MR) is 44.3 cm³/mol. The van der Waals surface area contributed by atoms with Crippen molar-refractivity contribution >= 4 is 0 Å². The lowest BCUT2D eigenvalue weighted by Crippen LogP contribution is -2.09. The van der Waals surface area contributed by atoms with E-state index in [0.29, 0.717) is 0 Å². The number of benzene rings is 1. The van der Waals surface area contributed by atoms with Crippen LogP contribution in [-0.2, 0) is 6.18 Å². The van der Waals surface area contributed by atoms with Crippen molar-refractivity contribution in [3.05, 3.63) is 35.4 Å². The van der Waals surface area contributed by atoms with Crippen molar-refractivity contribution in [2.75, 3.05) is 6.54 Å². The molecule has 2 N–H and O–H groups in total. The highest BCUT2D eigenvalue weighted by Gasteiger charge is 2.30. The first-order valence-electron chi connectivity index (χ1n) is 3.96. The van der Waals surface area contributed by atoms with Gasteiger partial charge in [-0.05, 0) is 17.7 Å². The lowest BCUT2D eigenvalue weighted by molar-refractivity contribution is -0.137. The predicted octanol–water partition coefficient (Wildman–Crippen LogP) is 2.67. The summed E-state index contributed by atoms with van der Waals surface area (Å²) in [5, 5.41) is 0. The molecule has 1 aromatic rings. The highest BCUT2D eigenvalue weighted by Crippen LogP contribution is 2.30. The molecule has 0 aliphatic rings. The molecule has 1 unspecified atom stereocenters. The fourth-order valence-corrected chi connectivity index (χ4v) is 1.02. The van der Waals surface area contributed by atoms with E-state index in [1.54, 1.807) is 0 Å². The maximum atomic E-state index is 12.9. The molecule has 0 fully saturated rings. The summed E-state index contributed by atoms with van der Waals surface area (Å²) in [5.41, 5.74) is 4.41. The van der Waals surface area contributed by atoms with Crippen LogP contribution in [0.2, 0.25) is 0 Å². The van der Waals surface area contributed by atoms with Crippen LogP contribution in [-0.4, -0.2) is 6.54 Å². The second kappa shape index (κ2) is 3.96. The molecule has 0 aliphatic carbocycles. The molecule has 14 heavy (non-hydrogen) atoms. The summed E-state index contributed by atoms with van der Waals surface area (Å²) < 4.78 is 49.1. The summed E-state index contributed by atoms with van der Waals surface area (Å²) in [6.07, 6.45) is -5.79. The quantitative estimate of drug-likeness (QED) is 0.741. The number of nitrogens with two attached hydrogens (primary N) is 1.